The van der Waals surface area contributed by atoms with Gasteiger partial charge in [0.1, 0.15) is 41.2 Å². The van der Waals surface area contributed by atoms with Crippen LogP contribution < -0.4 is 24.7 Å². The summed E-state index contributed by atoms with van der Waals surface area (Å²) in [5.41, 5.74) is 11.1. The third-order valence-corrected chi connectivity index (χ3v) is 7.19. The minimum absolute atomic E-state index is 0.00871. The lowest BCUT2D eigenvalue weighted by Crippen LogP contribution is -2.21. The van der Waals surface area contributed by atoms with E-state index in [0.717, 1.165) is 22.3 Å². The molecule has 0 saturated heterocycles. The van der Waals surface area contributed by atoms with Crippen molar-refractivity contribution < 1.29 is 23.7 Å². The van der Waals surface area contributed by atoms with Crippen molar-refractivity contribution in [3.05, 3.63) is 129 Å². The lowest BCUT2D eigenvalue weighted by molar-refractivity contribution is -0.136. The first-order valence-electron chi connectivity index (χ1n) is 12.9. The van der Waals surface area contributed by atoms with Gasteiger partial charge in [-0.15, -0.1) is 0 Å². The van der Waals surface area contributed by atoms with Crippen molar-refractivity contribution >= 4 is 17.6 Å². The second-order valence-electron chi connectivity index (χ2n) is 9.58. The van der Waals surface area contributed by atoms with Gasteiger partial charge in [0, 0.05) is 22.2 Å². The number of carbonyl (C=O) groups excluding carboxylic acids is 1. The van der Waals surface area contributed by atoms with Crippen LogP contribution in [0.4, 0.5) is 0 Å². The number of nitriles is 1. The number of aryl methyl sites for hydroxylation is 2. The smallest absolute Gasteiger partial charge is 0.349 e. The van der Waals surface area contributed by atoms with Crippen LogP contribution in [0.3, 0.4) is 0 Å². The first-order chi connectivity index (χ1) is 19.8. The van der Waals surface area contributed by atoms with Gasteiger partial charge >= 0.3 is 5.97 Å². The Morgan fingerprint density at radius 2 is 1.66 bits per heavy atom. The lowest BCUT2D eigenvalue weighted by Gasteiger charge is -2.26. The number of fused-ring (bicyclic) bond motifs is 1. The number of rotatable bonds is 8. The lowest BCUT2D eigenvalue weighted by atomic mass is 9.83. The summed E-state index contributed by atoms with van der Waals surface area (Å²) in [5, 5.41) is 10.5. The Bertz CT molecular complexity index is 1670. The van der Waals surface area contributed by atoms with E-state index in [1.54, 1.807) is 18.2 Å². The number of nitrogens with zero attached hydrogens (tertiary/aromatic N) is 1. The molecule has 0 bridgehead atoms. The van der Waals surface area contributed by atoms with Crippen LogP contribution in [0, 0.1) is 25.2 Å². The molecule has 0 aromatic heterocycles. The topological polar surface area (TPSA) is 104 Å². The van der Waals surface area contributed by atoms with E-state index in [9.17, 15) is 10.1 Å². The monoisotopic (exact) mass is 566 g/mol. The molecular formula is C33H27ClN2O5. The van der Waals surface area contributed by atoms with Crippen LogP contribution in [0.2, 0.25) is 5.02 Å². The molecule has 1 atom stereocenters. The number of esters is 1. The third-order valence-electron chi connectivity index (χ3n) is 6.82. The van der Waals surface area contributed by atoms with Crippen LogP contribution in [0.5, 0.6) is 23.0 Å². The summed E-state index contributed by atoms with van der Waals surface area (Å²) in [6.45, 7) is 4.05. The van der Waals surface area contributed by atoms with Crippen molar-refractivity contribution in [1.29, 1.82) is 5.26 Å². The quantitative estimate of drug-likeness (QED) is 0.186. The van der Waals surface area contributed by atoms with E-state index >= 15 is 0 Å². The highest BCUT2D eigenvalue weighted by atomic mass is 35.5. The van der Waals surface area contributed by atoms with Crippen molar-refractivity contribution in [3.8, 4) is 29.1 Å². The molecule has 8 heteroatoms. The molecule has 0 aliphatic carbocycles. The van der Waals surface area contributed by atoms with Gasteiger partial charge in [-0.2, -0.15) is 5.26 Å². The van der Waals surface area contributed by atoms with Gasteiger partial charge in [-0.1, -0.05) is 54.1 Å². The number of benzene rings is 4. The SMILES string of the molecule is Cc1ccc(OCC(=O)Oc2ccc3c(c2)OC(N)=C(C#N)C3c2ccc(OCc3ccccc3Cl)cc2)cc1C. The minimum Gasteiger partial charge on any atom is -0.489 e. The molecule has 206 valence electrons. The number of hydrogen-bond donors (Lipinski definition) is 1. The van der Waals surface area contributed by atoms with Crippen molar-refractivity contribution in [2.24, 2.45) is 5.73 Å². The van der Waals surface area contributed by atoms with E-state index in [1.807, 2.05) is 80.6 Å². The molecule has 0 radical (unpaired) electrons. The van der Waals surface area contributed by atoms with Crippen molar-refractivity contribution in [1.82, 2.24) is 0 Å². The Morgan fingerprint density at radius 1 is 0.927 bits per heavy atom. The maximum absolute atomic E-state index is 12.5. The standard InChI is InChI=1S/C33H27ClN2O5/c1-20-7-10-25(15-21(20)2)39-19-31(37)40-26-13-14-27-30(16-26)41-33(36)28(17-35)32(27)22-8-11-24(12-9-22)38-18-23-5-3-4-6-29(23)34/h3-16,32H,18-19,36H2,1-2H3. The number of halogens is 1. The van der Waals surface area contributed by atoms with Gasteiger partial charge in [-0.3, -0.25) is 0 Å². The average molecular weight is 567 g/mol. The van der Waals surface area contributed by atoms with Crippen LogP contribution in [-0.2, 0) is 11.4 Å². The minimum atomic E-state index is -0.566. The Labute approximate surface area is 243 Å². The van der Waals surface area contributed by atoms with Crippen LogP contribution >= 0.6 is 11.6 Å². The second kappa shape index (κ2) is 12.1. The van der Waals surface area contributed by atoms with Gasteiger partial charge in [0.25, 0.3) is 0 Å². The molecule has 1 aliphatic rings. The summed E-state index contributed by atoms with van der Waals surface area (Å²) in [7, 11) is 0. The number of allylic oxidation sites excluding steroid dienone is 1. The van der Waals surface area contributed by atoms with Crippen LogP contribution in [0.25, 0.3) is 0 Å². The molecule has 2 N–H and O–H groups in total. The Kier molecular flexibility index (Phi) is 8.14. The highest BCUT2D eigenvalue weighted by Gasteiger charge is 2.31. The van der Waals surface area contributed by atoms with Gasteiger partial charge < -0.3 is 24.7 Å². The highest BCUT2D eigenvalue weighted by Crippen LogP contribution is 2.43. The summed E-state index contributed by atoms with van der Waals surface area (Å²) in [4.78, 5) is 12.5. The maximum atomic E-state index is 12.5. The molecule has 0 spiro atoms. The second-order valence-corrected chi connectivity index (χ2v) is 9.99. The van der Waals surface area contributed by atoms with Crippen molar-refractivity contribution in [2.45, 2.75) is 26.4 Å². The van der Waals surface area contributed by atoms with Crippen LogP contribution in [-0.4, -0.2) is 12.6 Å². The summed E-state index contributed by atoms with van der Waals surface area (Å²) < 4.78 is 22.7. The van der Waals surface area contributed by atoms with E-state index in [4.69, 9.17) is 36.3 Å². The van der Waals surface area contributed by atoms with Crippen molar-refractivity contribution in [3.63, 3.8) is 0 Å². The summed E-state index contributed by atoms with van der Waals surface area (Å²) in [6, 6.07) is 27.7. The zero-order chi connectivity index (χ0) is 28.9. The molecule has 5 rings (SSSR count). The molecule has 1 heterocycles. The molecule has 4 aromatic rings. The Hall–Kier alpha value is -4.93. The van der Waals surface area contributed by atoms with Gasteiger partial charge in [-0.05, 0) is 66.9 Å². The fraction of sp³-hybridized carbons (Fsp3) is 0.152. The van der Waals surface area contributed by atoms with Gasteiger partial charge in [0.15, 0.2) is 6.61 Å². The zero-order valence-electron chi connectivity index (χ0n) is 22.5. The molecule has 41 heavy (non-hydrogen) atoms. The average Bonchev–Trinajstić information content (AvgIpc) is 2.97. The van der Waals surface area contributed by atoms with E-state index in [-0.39, 0.29) is 23.8 Å². The molecule has 1 unspecified atom stereocenters. The van der Waals surface area contributed by atoms with Gasteiger partial charge in [0.05, 0.1) is 5.92 Å². The third kappa shape index (κ3) is 6.29. The molecule has 0 saturated carbocycles. The fourth-order valence-corrected chi connectivity index (χ4v) is 4.67. The van der Waals surface area contributed by atoms with Crippen LogP contribution in [0.1, 0.15) is 33.7 Å². The summed E-state index contributed by atoms with van der Waals surface area (Å²) in [5.74, 6) is 0.859. The predicted molar refractivity (Wildman–Crippen MR) is 155 cm³/mol. The van der Waals surface area contributed by atoms with Crippen molar-refractivity contribution in [2.75, 3.05) is 6.61 Å². The first-order valence-corrected chi connectivity index (χ1v) is 13.3. The largest absolute Gasteiger partial charge is 0.489 e. The Morgan fingerprint density at radius 3 is 2.39 bits per heavy atom. The van der Waals surface area contributed by atoms with Crippen LogP contribution in [0.15, 0.2) is 96.4 Å². The van der Waals surface area contributed by atoms with E-state index in [1.165, 1.54) is 0 Å². The number of nitrogens with two attached hydrogens (primary N) is 1. The molecule has 7 nitrogen and oxygen atoms in total. The highest BCUT2D eigenvalue weighted by molar-refractivity contribution is 6.31. The zero-order valence-corrected chi connectivity index (χ0v) is 23.3. The Balaban J connectivity index is 1.30. The molecule has 1 aliphatic heterocycles. The number of carbonyl (C=O) groups is 1. The summed E-state index contributed by atoms with van der Waals surface area (Å²) >= 11 is 6.23. The first kappa shape index (κ1) is 27.6. The van der Waals surface area contributed by atoms with Gasteiger partial charge in [0.2, 0.25) is 5.88 Å². The number of ether oxygens (including phenoxy) is 4. The fourth-order valence-electron chi connectivity index (χ4n) is 4.48. The van der Waals surface area contributed by atoms with Gasteiger partial charge in [-0.25, -0.2) is 4.79 Å². The summed E-state index contributed by atoms with van der Waals surface area (Å²) in [6.07, 6.45) is 0. The molecule has 0 fully saturated rings. The molecule has 0 amide bonds. The maximum Gasteiger partial charge on any atom is 0.349 e. The predicted octanol–water partition coefficient (Wildman–Crippen LogP) is 6.74. The molecule has 4 aromatic carbocycles. The number of hydrogen-bond acceptors (Lipinski definition) is 7. The normalized spacial score (nSPS) is 14.0. The van der Waals surface area contributed by atoms with E-state index in [2.05, 4.69) is 6.07 Å². The van der Waals surface area contributed by atoms with E-state index < -0.39 is 11.9 Å². The molecular weight excluding hydrogens is 540 g/mol. The van der Waals surface area contributed by atoms with E-state index in [0.29, 0.717) is 34.4 Å².